The van der Waals surface area contributed by atoms with Gasteiger partial charge in [0.15, 0.2) is 0 Å². The zero-order valence-electron chi connectivity index (χ0n) is 22.0. The molecule has 0 bridgehead atoms. The summed E-state index contributed by atoms with van der Waals surface area (Å²) < 4.78 is 0. The molecule has 202 valence electrons. The Bertz CT molecular complexity index is 1610. The van der Waals surface area contributed by atoms with Crippen molar-refractivity contribution in [1.82, 2.24) is 21.0 Å². The van der Waals surface area contributed by atoms with Crippen LogP contribution in [-0.2, 0) is 0 Å². The van der Waals surface area contributed by atoms with Crippen molar-refractivity contribution in [2.75, 3.05) is 10.6 Å². The summed E-state index contributed by atoms with van der Waals surface area (Å²) in [5.41, 5.74) is 12.2. The van der Waals surface area contributed by atoms with Crippen LogP contribution < -0.4 is 21.6 Å². The molecule has 2 heterocycles. The van der Waals surface area contributed by atoms with E-state index in [2.05, 4.69) is 62.9 Å². The Morgan fingerprint density at radius 1 is 1.05 bits per heavy atom. The van der Waals surface area contributed by atoms with Crippen LogP contribution in [0.2, 0.25) is 10.0 Å². The first kappa shape index (κ1) is 26.3. The van der Waals surface area contributed by atoms with E-state index in [1.54, 1.807) is 6.20 Å². The molecule has 2 atom stereocenters. The average Bonchev–Trinajstić information content (AvgIpc) is 3.72. The van der Waals surface area contributed by atoms with E-state index in [0.29, 0.717) is 32.9 Å². The Hall–Kier alpha value is -3.96. The van der Waals surface area contributed by atoms with Crippen LogP contribution >= 0.6 is 23.2 Å². The van der Waals surface area contributed by atoms with Crippen LogP contribution in [0.5, 0.6) is 0 Å². The van der Waals surface area contributed by atoms with Crippen molar-refractivity contribution in [2.24, 2.45) is 0 Å². The molecule has 1 aliphatic carbocycles. The predicted octanol–water partition coefficient (Wildman–Crippen LogP) is 7.46. The van der Waals surface area contributed by atoms with Gasteiger partial charge in [0.1, 0.15) is 6.07 Å². The van der Waals surface area contributed by atoms with Gasteiger partial charge >= 0.3 is 0 Å². The minimum atomic E-state index is -0.283. The highest BCUT2D eigenvalue weighted by atomic mass is 35.5. The molecular formula is C31H29Cl2N7. The normalized spacial score (nSPS) is 16.1. The van der Waals surface area contributed by atoms with Crippen LogP contribution in [-0.4, -0.2) is 16.0 Å². The van der Waals surface area contributed by atoms with Gasteiger partial charge in [0.2, 0.25) is 0 Å². The van der Waals surface area contributed by atoms with Crippen LogP contribution in [0, 0.1) is 11.3 Å². The molecule has 4 N–H and O–H groups in total. The van der Waals surface area contributed by atoms with Gasteiger partial charge in [-0.2, -0.15) is 5.26 Å². The second-order valence-corrected chi connectivity index (χ2v) is 10.9. The number of halogens is 2. The number of fused-ring (bicyclic) bond motifs is 1. The third-order valence-corrected chi connectivity index (χ3v) is 7.99. The second-order valence-electron chi connectivity index (χ2n) is 10.1. The number of nitrogens with zero attached hydrogens (tertiary/aromatic N) is 3. The van der Waals surface area contributed by atoms with Crippen molar-refractivity contribution < 1.29 is 0 Å². The molecule has 2 aliphatic rings. The number of aromatic nitrogens is 1. The van der Waals surface area contributed by atoms with E-state index >= 15 is 0 Å². The van der Waals surface area contributed by atoms with Crippen molar-refractivity contribution in [1.29, 1.82) is 5.26 Å². The topological polar surface area (TPSA) is 88.0 Å². The first-order valence-electron chi connectivity index (χ1n) is 13.4. The summed E-state index contributed by atoms with van der Waals surface area (Å²) in [5.74, 6) is 0. The fourth-order valence-electron chi connectivity index (χ4n) is 5.10. The lowest BCUT2D eigenvalue weighted by atomic mass is 10.0. The van der Waals surface area contributed by atoms with E-state index < -0.39 is 0 Å². The number of hydrazine groups is 2. The number of benzene rings is 3. The van der Waals surface area contributed by atoms with Gasteiger partial charge in [-0.15, -0.1) is 5.53 Å². The molecule has 0 amide bonds. The fourth-order valence-corrected chi connectivity index (χ4v) is 5.62. The molecule has 0 radical (unpaired) electrons. The Morgan fingerprint density at radius 2 is 1.82 bits per heavy atom. The Balaban J connectivity index is 1.42. The van der Waals surface area contributed by atoms with Crippen molar-refractivity contribution in [3.8, 4) is 6.07 Å². The SMILES string of the molecule is CC[C@@H](Nc1c(C#N)cnc2c(Cl)cc(NC(C3=CN(C4CC4)NN3)c3ccccc3Cl)cc12)c1ccccc1. The van der Waals surface area contributed by atoms with Crippen LogP contribution in [0.15, 0.2) is 84.8 Å². The van der Waals surface area contributed by atoms with Gasteiger partial charge in [0, 0.05) is 34.5 Å². The molecule has 3 aromatic carbocycles. The molecule has 7 nitrogen and oxygen atoms in total. The molecule has 0 spiro atoms. The van der Waals surface area contributed by atoms with Crippen LogP contribution in [0.3, 0.4) is 0 Å². The van der Waals surface area contributed by atoms with Gasteiger partial charge in [-0.1, -0.05) is 78.7 Å². The third-order valence-electron chi connectivity index (χ3n) is 7.36. The van der Waals surface area contributed by atoms with Crippen molar-refractivity contribution in [2.45, 2.75) is 44.3 Å². The summed E-state index contributed by atoms with van der Waals surface area (Å²) in [6, 6.07) is 24.4. The zero-order chi connectivity index (χ0) is 27.6. The summed E-state index contributed by atoms with van der Waals surface area (Å²) in [5, 5.41) is 21.3. The molecule has 9 heteroatoms. The lowest BCUT2D eigenvalue weighted by Gasteiger charge is -2.24. The van der Waals surface area contributed by atoms with Gasteiger partial charge in [-0.25, -0.2) is 0 Å². The molecule has 1 aromatic heterocycles. The van der Waals surface area contributed by atoms with E-state index in [1.165, 1.54) is 0 Å². The highest BCUT2D eigenvalue weighted by Gasteiger charge is 2.32. The molecule has 6 rings (SSSR count). The first-order valence-corrected chi connectivity index (χ1v) is 14.2. The Morgan fingerprint density at radius 3 is 2.55 bits per heavy atom. The van der Waals surface area contributed by atoms with Crippen molar-refractivity contribution in [3.05, 3.63) is 112 Å². The average molecular weight is 571 g/mol. The molecule has 1 aliphatic heterocycles. The largest absolute Gasteiger partial charge is 0.377 e. The smallest absolute Gasteiger partial charge is 0.103 e. The van der Waals surface area contributed by atoms with Crippen LogP contribution in [0.1, 0.15) is 55.0 Å². The number of pyridine rings is 1. The lowest BCUT2D eigenvalue weighted by Crippen LogP contribution is -2.38. The third kappa shape index (κ3) is 5.26. The highest BCUT2D eigenvalue weighted by molar-refractivity contribution is 6.36. The quantitative estimate of drug-likeness (QED) is 0.166. The number of nitriles is 1. The second kappa shape index (κ2) is 11.3. The summed E-state index contributed by atoms with van der Waals surface area (Å²) in [4.78, 5) is 4.54. The van der Waals surface area contributed by atoms with E-state index in [9.17, 15) is 5.26 Å². The summed E-state index contributed by atoms with van der Waals surface area (Å²) in [7, 11) is 0. The molecular weight excluding hydrogens is 541 g/mol. The predicted molar refractivity (Wildman–Crippen MR) is 162 cm³/mol. The molecule has 0 saturated heterocycles. The summed E-state index contributed by atoms with van der Waals surface area (Å²) in [6.07, 6.45) is 6.83. The van der Waals surface area contributed by atoms with Gasteiger partial charge in [-0.3, -0.25) is 9.99 Å². The maximum absolute atomic E-state index is 9.99. The van der Waals surface area contributed by atoms with Crippen molar-refractivity contribution in [3.63, 3.8) is 0 Å². The highest BCUT2D eigenvalue weighted by Crippen LogP contribution is 2.39. The van der Waals surface area contributed by atoms with Gasteiger partial charge < -0.3 is 16.1 Å². The molecule has 1 fully saturated rings. The standard InChI is InChI=1S/C31H29Cl2N7/c1-2-27(19-8-4-3-5-9-19)37-29-20(16-34)17-35-30-24(29)14-21(15-26(30)33)36-31(23-10-6-7-11-25(23)32)28-18-40(39-38-28)22-12-13-22/h3-11,14-15,17-18,22,27,31,36,38-39H,2,12-13H2,1H3,(H,35,37)/t27-,31?/m1/s1. The van der Waals surface area contributed by atoms with Crippen LogP contribution in [0.4, 0.5) is 11.4 Å². The zero-order valence-corrected chi connectivity index (χ0v) is 23.5. The number of hydrogen-bond donors (Lipinski definition) is 4. The minimum absolute atomic E-state index is 0.0116. The van der Waals surface area contributed by atoms with Gasteiger partial charge in [-0.05, 0) is 48.6 Å². The van der Waals surface area contributed by atoms with Crippen LogP contribution in [0.25, 0.3) is 10.9 Å². The van der Waals surface area contributed by atoms with E-state index in [4.69, 9.17) is 23.2 Å². The first-order chi connectivity index (χ1) is 19.6. The number of rotatable bonds is 9. The maximum atomic E-state index is 9.99. The Labute approximate surface area is 243 Å². The van der Waals surface area contributed by atoms with Crippen molar-refractivity contribution >= 4 is 45.5 Å². The van der Waals surface area contributed by atoms with Gasteiger partial charge in [0.25, 0.3) is 0 Å². The Kier molecular flexibility index (Phi) is 7.40. The number of nitrogens with one attached hydrogen (secondary N) is 4. The summed E-state index contributed by atoms with van der Waals surface area (Å²) in [6.45, 7) is 2.12. The lowest BCUT2D eigenvalue weighted by molar-refractivity contribution is 0.260. The number of hydrogen-bond acceptors (Lipinski definition) is 7. The fraction of sp³-hybridized carbons (Fsp3) is 0.226. The molecule has 1 unspecified atom stereocenters. The van der Waals surface area contributed by atoms with E-state index in [-0.39, 0.29) is 12.1 Å². The summed E-state index contributed by atoms with van der Waals surface area (Å²) >= 11 is 13.5. The molecule has 4 aromatic rings. The number of anilines is 2. The van der Waals surface area contributed by atoms with Gasteiger partial charge in [0.05, 0.1) is 39.6 Å². The molecule has 40 heavy (non-hydrogen) atoms. The van der Waals surface area contributed by atoms with E-state index in [0.717, 1.165) is 47.2 Å². The maximum Gasteiger partial charge on any atom is 0.103 e. The van der Waals surface area contributed by atoms with E-state index in [1.807, 2.05) is 54.6 Å². The monoisotopic (exact) mass is 569 g/mol. The minimum Gasteiger partial charge on any atom is -0.377 e. The molecule has 1 saturated carbocycles.